The highest BCUT2D eigenvalue weighted by Gasteiger charge is 2.35. The molecule has 10 aromatic rings. The number of hydrogen-bond donors (Lipinski definition) is 3. The molecule has 4 aromatic carbocycles. The molecule has 19 heteroatoms. The molecular weight excluding hydrogens is 996 g/mol. The molecule has 0 unspecified atom stereocenters. The van der Waals surface area contributed by atoms with Crippen LogP contribution in [0.2, 0.25) is 0 Å². The molecular formula is C58H57ClN12O6. The lowest BCUT2D eigenvalue weighted by atomic mass is 10.1. The summed E-state index contributed by atoms with van der Waals surface area (Å²) < 4.78 is 26.1. The number of aromatic nitrogens is 8. The van der Waals surface area contributed by atoms with Gasteiger partial charge in [-0.25, -0.2) is 19.9 Å². The summed E-state index contributed by atoms with van der Waals surface area (Å²) in [5.74, 6) is 6.45. The summed E-state index contributed by atoms with van der Waals surface area (Å²) in [7, 11) is 3.31. The first kappa shape index (κ1) is 49.5. The lowest BCUT2D eigenvalue weighted by Gasteiger charge is -2.33. The number of anilines is 2. The van der Waals surface area contributed by atoms with Crippen LogP contribution in [0.3, 0.4) is 0 Å². The number of benzene rings is 4. The molecule has 2 aliphatic heterocycles. The fourth-order valence-corrected chi connectivity index (χ4v) is 10.3. The second-order valence-electron chi connectivity index (χ2n) is 19.9. The van der Waals surface area contributed by atoms with Crippen LogP contribution in [0, 0.1) is 11.8 Å². The van der Waals surface area contributed by atoms with Gasteiger partial charge in [-0.05, 0) is 154 Å². The van der Waals surface area contributed by atoms with Gasteiger partial charge < -0.3 is 39.2 Å². The molecule has 0 spiro atoms. The maximum Gasteiger partial charge on any atom is 0.225 e. The van der Waals surface area contributed by atoms with Crippen LogP contribution < -0.4 is 25.4 Å². The Morgan fingerprint density at radius 2 is 1.17 bits per heavy atom. The van der Waals surface area contributed by atoms with Crippen LogP contribution in [0.5, 0.6) is 11.5 Å². The monoisotopic (exact) mass is 1050 g/mol. The van der Waals surface area contributed by atoms with Crippen LogP contribution in [-0.4, -0.2) is 108 Å². The van der Waals surface area contributed by atoms with Gasteiger partial charge >= 0.3 is 0 Å². The molecule has 392 valence electrons. The summed E-state index contributed by atoms with van der Waals surface area (Å²) in [6.07, 6.45) is 15.2. The van der Waals surface area contributed by atoms with Crippen LogP contribution in [-0.2, 0) is 9.59 Å². The molecule has 6 aromatic heterocycles. The molecule has 2 atom stereocenters. The van der Waals surface area contributed by atoms with Crippen LogP contribution in [0.4, 0.5) is 11.9 Å². The van der Waals surface area contributed by atoms with Crippen molar-refractivity contribution in [3.05, 3.63) is 122 Å². The van der Waals surface area contributed by atoms with E-state index in [-0.39, 0.29) is 23.1 Å². The van der Waals surface area contributed by atoms with Gasteiger partial charge in [0.25, 0.3) is 0 Å². The number of halogens is 1. The molecule has 4 aliphatic rings. The summed E-state index contributed by atoms with van der Waals surface area (Å²) in [5.41, 5.74) is 7.10. The van der Waals surface area contributed by atoms with E-state index in [9.17, 15) is 9.59 Å². The van der Waals surface area contributed by atoms with Gasteiger partial charge in [-0.2, -0.15) is 9.97 Å². The number of imidazole rings is 2. The van der Waals surface area contributed by atoms with E-state index in [1.165, 1.54) is 0 Å². The Morgan fingerprint density at radius 1 is 0.623 bits per heavy atom. The van der Waals surface area contributed by atoms with Gasteiger partial charge in [-0.15, -0.1) is 0 Å². The van der Waals surface area contributed by atoms with Crippen molar-refractivity contribution in [3.8, 4) is 45.9 Å². The minimum absolute atomic E-state index is 0.119. The van der Waals surface area contributed by atoms with Gasteiger partial charge in [0.15, 0.2) is 0 Å². The Bertz CT molecular complexity index is 3760. The fourth-order valence-electron chi connectivity index (χ4n) is 10.1. The van der Waals surface area contributed by atoms with Gasteiger partial charge in [0, 0.05) is 90.0 Å². The lowest BCUT2D eigenvalue weighted by Crippen LogP contribution is -2.45. The summed E-state index contributed by atoms with van der Waals surface area (Å²) in [4.78, 5) is 53.3. The average Bonchev–Trinajstić information content (AvgIpc) is 4.42. The maximum absolute atomic E-state index is 12.6. The highest BCUT2D eigenvalue weighted by molar-refractivity contribution is 6.64. The number of rotatable bonds is 12. The number of likely N-dealkylation sites (tertiary alicyclic amines) is 1. The summed E-state index contributed by atoms with van der Waals surface area (Å²) in [6, 6.07) is 32.0. The smallest absolute Gasteiger partial charge is 0.225 e. The largest absolute Gasteiger partial charge is 0.497 e. The zero-order valence-electron chi connectivity index (χ0n) is 42.7. The minimum Gasteiger partial charge on any atom is -0.497 e. The molecule has 2 saturated heterocycles. The number of nitrogens with zero attached hydrogens (tertiary/aromatic N) is 9. The lowest BCUT2D eigenvalue weighted by molar-refractivity contribution is -0.133. The van der Waals surface area contributed by atoms with Crippen LogP contribution in [0.25, 0.3) is 78.4 Å². The summed E-state index contributed by atoms with van der Waals surface area (Å²) in [6.45, 7) is 3.50. The number of furan rings is 2. The Hall–Kier alpha value is -8.35. The zero-order chi connectivity index (χ0) is 52.4. The number of hydrogen-bond acceptors (Lipinski definition) is 15. The second-order valence-corrected chi connectivity index (χ2v) is 20.3. The number of amides is 1. The molecule has 3 N–H and O–H groups in total. The van der Waals surface area contributed by atoms with Crippen molar-refractivity contribution in [2.24, 2.45) is 11.8 Å². The first-order chi connectivity index (χ1) is 37.7. The highest BCUT2D eigenvalue weighted by Crippen LogP contribution is 2.36. The van der Waals surface area contributed by atoms with Crippen molar-refractivity contribution in [2.75, 3.05) is 51.0 Å². The van der Waals surface area contributed by atoms with E-state index in [1.54, 1.807) is 39.1 Å². The number of nitrogens with one attached hydrogen (secondary N) is 3. The maximum atomic E-state index is 12.6. The molecule has 2 aliphatic carbocycles. The van der Waals surface area contributed by atoms with Gasteiger partial charge in [0.1, 0.15) is 45.9 Å². The molecule has 18 nitrogen and oxygen atoms in total. The summed E-state index contributed by atoms with van der Waals surface area (Å²) >= 11 is 5.04. The van der Waals surface area contributed by atoms with E-state index in [2.05, 4.69) is 42.6 Å². The quantitative estimate of drug-likeness (QED) is 0.0974. The number of carbonyl (C=O) groups is 2. The standard InChI is InChI=1S/C29H28N6O3.C25H24N6O2.C4H5ClO/c1-37-22-7-8-24-23(16-22)32-27(20-6-9-25-19(15-20)11-14-38-25)35(24)26-10-12-30-29(33-26)31-21-3-2-13-34(17-21)28(36)18-4-5-18;1-32-19-5-6-21-20(14-19)29-24(17-4-7-22-16(13-17)9-12-33-22)31(21)23-8-11-27-25(30-23)28-18-3-2-10-26-15-18;5-4(6)3-1-2-3/h6-12,14-16,18,21H,2-5,13,17H2,1H3,(H,30,31,33);4-9,11-14,18,26H,2-3,10,15H2,1H3,(H,27,28,30);3H,1-2H2/t21-;18-;/m00./s1. The third-order valence-electron chi connectivity index (χ3n) is 14.4. The zero-order valence-corrected chi connectivity index (χ0v) is 43.4. The SMILES string of the molecule is COc1ccc2c(c1)nc(-c1ccc3occc3c1)n2-c1ccnc(N[C@H]2CCCN(C(=O)C3CC3)C2)n1.COc1ccc2c(c1)nc(-c1ccc3occc3c1)n2-c1ccnc(N[C@H]2CCCNC2)n1.O=C(Cl)C1CC1. The Kier molecular flexibility index (Phi) is 14.0. The number of piperidine rings is 2. The first-order valence-corrected chi connectivity index (χ1v) is 26.6. The van der Waals surface area contributed by atoms with Crippen molar-refractivity contribution >= 4 is 78.7 Å². The molecule has 0 radical (unpaired) electrons. The van der Waals surface area contributed by atoms with Gasteiger partial charge in [-0.3, -0.25) is 18.7 Å². The van der Waals surface area contributed by atoms with E-state index in [0.29, 0.717) is 36.2 Å². The molecule has 8 heterocycles. The van der Waals surface area contributed by atoms with Crippen molar-refractivity contribution in [1.29, 1.82) is 0 Å². The Labute approximate surface area is 448 Å². The minimum atomic E-state index is -0.157. The van der Waals surface area contributed by atoms with E-state index >= 15 is 0 Å². The van der Waals surface area contributed by atoms with Gasteiger partial charge in [0.2, 0.25) is 23.0 Å². The molecule has 77 heavy (non-hydrogen) atoms. The topological polar surface area (TPSA) is 205 Å². The first-order valence-electron chi connectivity index (χ1n) is 26.2. The molecule has 0 bridgehead atoms. The van der Waals surface area contributed by atoms with Gasteiger partial charge in [-0.1, -0.05) is 0 Å². The van der Waals surface area contributed by atoms with Crippen LogP contribution in [0.1, 0.15) is 51.4 Å². The fraction of sp³-hybridized carbons (Fsp3) is 0.310. The van der Waals surface area contributed by atoms with Crippen LogP contribution in [0.15, 0.2) is 131 Å². The third kappa shape index (κ3) is 10.9. The van der Waals surface area contributed by atoms with E-state index in [4.69, 9.17) is 49.8 Å². The normalized spacial score (nSPS) is 17.4. The van der Waals surface area contributed by atoms with E-state index < -0.39 is 0 Å². The second kappa shape index (κ2) is 21.7. The highest BCUT2D eigenvalue weighted by atomic mass is 35.5. The number of carbonyl (C=O) groups excluding carboxylic acids is 2. The molecule has 1 amide bonds. The number of fused-ring (bicyclic) bond motifs is 4. The Morgan fingerprint density at radius 3 is 1.66 bits per heavy atom. The van der Waals surface area contributed by atoms with E-state index in [0.717, 1.165) is 155 Å². The van der Waals surface area contributed by atoms with Crippen molar-refractivity contribution < 1.29 is 27.9 Å². The third-order valence-corrected chi connectivity index (χ3v) is 14.7. The van der Waals surface area contributed by atoms with Crippen molar-refractivity contribution in [3.63, 3.8) is 0 Å². The predicted octanol–water partition coefficient (Wildman–Crippen LogP) is 10.6. The number of ether oxygens (including phenoxy) is 2. The molecule has 2 saturated carbocycles. The summed E-state index contributed by atoms with van der Waals surface area (Å²) in [5, 5.41) is 12.3. The van der Waals surface area contributed by atoms with Crippen molar-refractivity contribution in [2.45, 2.75) is 63.5 Å². The molecule has 4 fully saturated rings. The van der Waals surface area contributed by atoms with Crippen LogP contribution >= 0.6 is 11.6 Å². The Balaban J connectivity index is 0.000000141. The average molecular weight is 1050 g/mol. The van der Waals surface area contributed by atoms with Gasteiger partial charge in [0.05, 0.1) is 48.8 Å². The number of methoxy groups -OCH3 is 2. The van der Waals surface area contributed by atoms with Crippen molar-refractivity contribution in [1.82, 2.24) is 49.3 Å². The van der Waals surface area contributed by atoms with E-state index in [1.807, 2.05) is 94.4 Å². The predicted molar refractivity (Wildman–Crippen MR) is 296 cm³/mol. The molecule has 14 rings (SSSR count).